The van der Waals surface area contributed by atoms with Gasteiger partial charge in [0.1, 0.15) is 18.1 Å². The molecule has 0 aliphatic carbocycles. The summed E-state index contributed by atoms with van der Waals surface area (Å²) < 4.78 is 12.3. The number of ether oxygens (including phenoxy) is 2. The summed E-state index contributed by atoms with van der Waals surface area (Å²) in [7, 11) is 1.62. The maximum atomic E-state index is 12.5. The van der Waals surface area contributed by atoms with Crippen molar-refractivity contribution in [3.8, 4) is 11.5 Å². The van der Waals surface area contributed by atoms with Crippen LogP contribution >= 0.6 is 34.4 Å². The highest BCUT2D eigenvalue weighted by molar-refractivity contribution is 14.1. The van der Waals surface area contributed by atoms with E-state index in [9.17, 15) is 4.79 Å². The van der Waals surface area contributed by atoms with Crippen molar-refractivity contribution in [2.75, 3.05) is 7.11 Å². The van der Waals surface area contributed by atoms with Gasteiger partial charge in [0.25, 0.3) is 5.91 Å². The Labute approximate surface area is 221 Å². The lowest BCUT2D eigenvalue weighted by Gasteiger charge is -2.11. The van der Waals surface area contributed by atoms with Gasteiger partial charge in [-0.3, -0.25) is 4.79 Å². The third-order valence-electron chi connectivity index (χ3n) is 5.47. The molecule has 1 aliphatic rings. The van der Waals surface area contributed by atoms with E-state index in [2.05, 4.69) is 63.2 Å². The molecule has 1 fully saturated rings. The number of rotatable bonds is 6. The van der Waals surface area contributed by atoms with Crippen molar-refractivity contribution in [1.29, 1.82) is 0 Å². The number of nitrogens with one attached hydrogen (secondary N) is 1. The number of methoxy groups -OCH3 is 1. The number of benzene rings is 4. The molecule has 5 nitrogen and oxygen atoms in total. The van der Waals surface area contributed by atoms with Gasteiger partial charge in [-0.1, -0.05) is 48.5 Å². The van der Waals surface area contributed by atoms with E-state index in [1.54, 1.807) is 7.11 Å². The van der Waals surface area contributed by atoms with Crippen LogP contribution in [0.4, 0.5) is 5.69 Å². The molecular formula is C28H21IN2O3S. The summed E-state index contributed by atoms with van der Waals surface area (Å²) in [5, 5.41) is 5.78. The van der Waals surface area contributed by atoms with E-state index in [-0.39, 0.29) is 5.91 Å². The first-order valence-corrected chi connectivity index (χ1v) is 12.8. The fourth-order valence-electron chi connectivity index (χ4n) is 3.70. The van der Waals surface area contributed by atoms with Crippen LogP contribution in [0.3, 0.4) is 0 Å². The van der Waals surface area contributed by atoms with E-state index < -0.39 is 0 Å². The average molecular weight is 592 g/mol. The van der Waals surface area contributed by atoms with E-state index in [1.165, 1.54) is 22.5 Å². The van der Waals surface area contributed by atoms with Crippen molar-refractivity contribution in [2.24, 2.45) is 4.99 Å². The number of aliphatic imine (C=N–C) groups is 1. The fraction of sp³-hybridized carbons (Fsp3) is 0.0714. The Balaban J connectivity index is 1.28. The highest BCUT2D eigenvalue weighted by Gasteiger charge is 2.24. The van der Waals surface area contributed by atoms with Crippen LogP contribution in [-0.4, -0.2) is 18.2 Å². The van der Waals surface area contributed by atoms with E-state index in [0.29, 0.717) is 16.7 Å². The van der Waals surface area contributed by atoms with Crippen molar-refractivity contribution in [3.63, 3.8) is 0 Å². The second-order valence-electron chi connectivity index (χ2n) is 7.80. The maximum Gasteiger partial charge on any atom is 0.264 e. The van der Waals surface area contributed by atoms with Gasteiger partial charge in [-0.05, 0) is 98.7 Å². The third kappa shape index (κ3) is 5.52. The summed E-state index contributed by atoms with van der Waals surface area (Å²) >= 11 is 3.59. The largest absolute Gasteiger partial charge is 0.497 e. The second kappa shape index (κ2) is 10.5. The van der Waals surface area contributed by atoms with Gasteiger partial charge in [0, 0.05) is 0 Å². The van der Waals surface area contributed by atoms with Gasteiger partial charge in [-0.2, -0.15) is 0 Å². The van der Waals surface area contributed by atoms with E-state index in [4.69, 9.17) is 9.47 Å². The molecule has 1 heterocycles. The molecule has 4 aromatic carbocycles. The highest BCUT2D eigenvalue weighted by atomic mass is 127. The highest BCUT2D eigenvalue weighted by Crippen LogP contribution is 2.31. The first-order chi connectivity index (χ1) is 17.1. The number of fused-ring (bicyclic) bond motifs is 1. The normalized spacial score (nSPS) is 15.5. The number of thioether (sulfide) groups is 1. The number of carbonyl (C=O) groups excluding carboxylic acids is 1. The Morgan fingerprint density at radius 2 is 1.80 bits per heavy atom. The quantitative estimate of drug-likeness (QED) is 0.195. The number of amides is 1. The van der Waals surface area contributed by atoms with E-state index in [1.807, 2.05) is 60.7 Å². The fourth-order valence-corrected chi connectivity index (χ4v) is 5.24. The summed E-state index contributed by atoms with van der Waals surface area (Å²) in [6.07, 6.45) is 1.87. The molecule has 0 spiro atoms. The number of hydrogen-bond acceptors (Lipinski definition) is 5. The van der Waals surface area contributed by atoms with Crippen molar-refractivity contribution >= 4 is 68.0 Å². The summed E-state index contributed by atoms with van der Waals surface area (Å²) in [5.41, 5.74) is 2.82. The number of hydrogen-bond donors (Lipinski definition) is 1. The molecule has 0 radical (unpaired) electrons. The molecule has 1 N–H and O–H groups in total. The molecule has 4 aromatic rings. The minimum atomic E-state index is -0.159. The molecule has 0 aromatic heterocycles. The van der Waals surface area contributed by atoms with Gasteiger partial charge in [-0.25, -0.2) is 4.99 Å². The molecule has 1 amide bonds. The topological polar surface area (TPSA) is 59.9 Å². The summed E-state index contributed by atoms with van der Waals surface area (Å²) in [6, 6.07) is 27.8. The molecule has 5 rings (SSSR count). The van der Waals surface area contributed by atoms with Crippen molar-refractivity contribution < 1.29 is 14.3 Å². The van der Waals surface area contributed by atoms with Crippen LogP contribution in [0.5, 0.6) is 11.5 Å². The predicted octanol–water partition coefficient (Wildman–Crippen LogP) is 6.92. The van der Waals surface area contributed by atoms with Crippen molar-refractivity contribution in [1.82, 2.24) is 5.32 Å². The number of halogens is 1. The molecule has 35 heavy (non-hydrogen) atoms. The second-order valence-corrected chi connectivity index (χ2v) is 9.99. The Morgan fingerprint density at radius 3 is 2.60 bits per heavy atom. The maximum absolute atomic E-state index is 12.5. The molecule has 174 valence electrons. The number of amidine groups is 1. The van der Waals surface area contributed by atoms with Gasteiger partial charge >= 0.3 is 0 Å². The van der Waals surface area contributed by atoms with Gasteiger partial charge < -0.3 is 14.8 Å². The minimum Gasteiger partial charge on any atom is -0.497 e. The minimum absolute atomic E-state index is 0.159. The molecule has 1 saturated heterocycles. The molecular weight excluding hydrogens is 571 g/mol. The zero-order chi connectivity index (χ0) is 24.2. The average Bonchev–Trinajstić information content (AvgIpc) is 3.22. The molecule has 0 atom stereocenters. The Hall–Kier alpha value is -3.30. The standard InChI is InChI=1S/C28H21IN2O3S/c1-33-22-12-10-21(11-13-22)30-28-31-27(32)26(35-28)16-18-9-14-25(24(29)15-18)34-17-20-7-4-6-19-5-2-3-8-23(19)20/h2-16H,17H2,1H3,(H,30,31,32)/b26-16+. The zero-order valence-corrected chi connectivity index (χ0v) is 21.8. The monoisotopic (exact) mass is 592 g/mol. The summed E-state index contributed by atoms with van der Waals surface area (Å²) in [4.78, 5) is 17.6. The molecule has 0 bridgehead atoms. The SMILES string of the molecule is COc1ccc(N=C2NC(=O)/C(=C\c3ccc(OCc4cccc5ccccc45)c(I)c3)S2)cc1. The van der Waals surface area contributed by atoms with Crippen LogP contribution < -0.4 is 14.8 Å². The van der Waals surface area contributed by atoms with Gasteiger partial charge in [0.05, 0.1) is 21.3 Å². The third-order valence-corrected chi connectivity index (χ3v) is 7.22. The number of carbonyl (C=O) groups is 1. The number of nitrogens with zero attached hydrogens (tertiary/aromatic N) is 1. The van der Waals surface area contributed by atoms with Crippen LogP contribution in [0.25, 0.3) is 16.8 Å². The van der Waals surface area contributed by atoms with Crippen LogP contribution in [0.2, 0.25) is 0 Å². The first-order valence-electron chi connectivity index (χ1n) is 10.9. The molecule has 1 aliphatic heterocycles. The molecule has 0 unspecified atom stereocenters. The Bertz CT molecular complexity index is 1460. The van der Waals surface area contributed by atoms with E-state index in [0.717, 1.165) is 31.9 Å². The van der Waals surface area contributed by atoms with Crippen LogP contribution in [0.15, 0.2) is 94.8 Å². The van der Waals surface area contributed by atoms with Crippen LogP contribution in [0, 0.1) is 3.57 Å². The predicted molar refractivity (Wildman–Crippen MR) is 151 cm³/mol. The molecule has 0 saturated carbocycles. The van der Waals surface area contributed by atoms with Gasteiger partial charge in [0.15, 0.2) is 5.17 Å². The van der Waals surface area contributed by atoms with Gasteiger partial charge in [-0.15, -0.1) is 0 Å². The Morgan fingerprint density at radius 1 is 1.00 bits per heavy atom. The van der Waals surface area contributed by atoms with Crippen LogP contribution in [-0.2, 0) is 11.4 Å². The first kappa shape index (κ1) is 23.4. The van der Waals surface area contributed by atoms with Crippen LogP contribution in [0.1, 0.15) is 11.1 Å². The lowest BCUT2D eigenvalue weighted by molar-refractivity contribution is -0.115. The lowest BCUT2D eigenvalue weighted by atomic mass is 10.1. The van der Waals surface area contributed by atoms with E-state index >= 15 is 0 Å². The summed E-state index contributed by atoms with van der Waals surface area (Å²) in [5.74, 6) is 1.41. The lowest BCUT2D eigenvalue weighted by Crippen LogP contribution is -2.19. The Kier molecular flexibility index (Phi) is 7.06. The van der Waals surface area contributed by atoms with Crippen molar-refractivity contribution in [3.05, 3.63) is 105 Å². The summed E-state index contributed by atoms with van der Waals surface area (Å²) in [6.45, 7) is 0.487. The van der Waals surface area contributed by atoms with Crippen molar-refractivity contribution in [2.45, 2.75) is 6.61 Å². The smallest absolute Gasteiger partial charge is 0.264 e. The zero-order valence-electron chi connectivity index (χ0n) is 18.8. The molecule has 7 heteroatoms. The van der Waals surface area contributed by atoms with Gasteiger partial charge in [0.2, 0.25) is 0 Å².